The third-order valence-electron chi connectivity index (χ3n) is 3.66. The molecule has 1 aromatic carbocycles. The summed E-state index contributed by atoms with van der Waals surface area (Å²) in [6, 6.07) is 3.64. The van der Waals surface area contributed by atoms with Crippen LogP contribution in [0.4, 0.5) is 13.2 Å². The Morgan fingerprint density at radius 3 is 2.27 bits per heavy atom. The molecule has 0 bridgehead atoms. The van der Waals surface area contributed by atoms with Crippen molar-refractivity contribution >= 4 is 25.2 Å². The number of hydrogen-bond acceptors (Lipinski definition) is 2. The van der Waals surface area contributed by atoms with Gasteiger partial charge in [0.25, 0.3) is 0 Å². The Bertz CT molecular complexity index is 549. The van der Waals surface area contributed by atoms with Crippen molar-refractivity contribution in [3.8, 4) is 0 Å². The highest BCUT2D eigenvalue weighted by molar-refractivity contribution is 6.36. The molecule has 1 N–H and O–H groups in total. The monoisotopic (exact) mass is 334 g/mol. The quantitative estimate of drug-likeness (QED) is 0.816. The standard InChI is InChI=1S/C15H19BClF3O2/c1-13(2,21)14(3,4)22-16-9-8-10-11(15(18,19)20)6-5-7-12(10)17/h5-9,16,21H,1-4H3/b9-8+. The summed E-state index contributed by atoms with van der Waals surface area (Å²) in [6.07, 6.45) is -3.19. The molecule has 122 valence electrons. The lowest BCUT2D eigenvalue weighted by atomic mass is 9.86. The van der Waals surface area contributed by atoms with Crippen molar-refractivity contribution in [3.63, 3.8) is 0 Å². The summed E-state index contributed by atoms with van der Waals surface area (Å²) in [5, 5.41) is 9.96. The Hall–Kier alpha value is -0.975. The Morgan fingerprint density at radius 2 is 1.77 bits per heavy atom. The summed E-state index contributed by atoms with van der Waals surface area (Å²) in [4.78, 5) is 0. The van der Waals surface area contributed by atoms with Crippen LogP contribution in [0.25, 0.3) is 6.08 Å². The molecule has 1 aromatic rings. The molecule has 0 spiro atoms. The fraction of sp³-hybridized carbons (Fsp3) is 0.467. The number of benzene rings is 1. The van der Waals surface area contributed by atoms with Crippen molar-refractivity contribution in [2.45, 2.75) is 45.1 Å². The van der Waals surface area contributed by atoms with Crippen molar-refractivity contribution in [3.05, 3.63) is 40.3 Å². The van der Waals surface area contributed by atoms with Crippen LogP contribution in [0.5, 0.6) is 0 Å². The van der Waals surface area contributed by atoms with Gasteiger partial charge in [-0.1, -0.05) is 29.7 Å². The summed E-state index contributed by atoms with van der Waals surface area (Å²) in [7, 11) is 0.0551. The van der Waals surface area contributed by atoms with Crippen LogP contribution in [0.1, 0.15) is 38.8 Å². The largest absolute Gasteiger partial charge is 0.427 e. The van der Waals surface area contributed by atoms with Gasteiger partial charge in [-0.3, -0.25) is 0 Å². The second kappa shape index (κ2) is 6.65. The van der Waals surface area contributed by atoms with Gasteiger partial charge in [0.1, 0.15) is 0 Å². The van der Waals surface area contributed by atoms with E-state index in [0.29, 0.717) is 0 Å². The lowest BCUT2D eigenvalue weighted by Gasteiger charge is -2.37. The molecule has 0 unspecified atom stereocenters. The molecular formula is C15H19BClF3O2. The first-order valence-corrected chi connectivity index (χ1v) is 7.12. The van der Waals surface area contributed by atoms with Crippen molar-refractivity contribution in [1.29, 1.82) is 0 Å². The van der Waals surface area contributed by atoms with Gasteiger partial charge in [-0.2, -0.15) is 13.2 Å². The second-order valence-electron chi connectivity index (χ2n) is 5.98. The van der Waals surface area contributed by atoms with Crippen LogP contribution in [-0.4, -0.2) is 23.8 Å². The summed E-state index contributed by atoms with van der Waals surface area (Å²) >= 11 is 5.84. The van der Waals surface area contributed by atoms with Gasteiger partial charge >= 0.3 is 13.7 Å². The average Bonchev–Trinajstić information content (AvgIpc) is 2.33. The van der Waals surface area contributed by atoms with E-state index in [1.54, 1.807) is 27.7 Å². The predicted octanol–water partition coefficient (Wildman–Crippen LogP) is 4.25. The van der Waals surface area contributed by atoms with Gasteiger partial charge in [0.05, 0.1) is 16.8 Å². The number of aliphatic hydroxyl groups is 1. The molecule has 0 aliphatic carbocycles. The molecule has 0 amide bonds. The van der Waals surface area contributed by atoms with E-state index in [1.807, 2.05) is 0 Å². The Morgan fingerprint density at radius 1 is 1.18 bits per heavy atom. The molecule has 0 aliphatic rings. The highest BCUT2D eigenvalue weighted by Crippen LogP contribution is 2.35. The van der Waals surface area contributed by atoms with Crippen LogP contribution in [0.15, 0.2) is 24.2 Å². The first kappa shape index (κ1) is 19.1. The number of halogens is 4. The maximum absolute atomic E-state index is 12.9. The molecule has 0 fully saturated rings. The summed E-state index contributed by atoms with van der Waals surface area (Å²) in [5.41, 5.74) is -2.81. The Labute approximate surface area is 134 Å². The zero-order valence-electron chi connectivity index (χ0n) is 13.0. The molecular weight excluding hydrogens is 315 g/mol. The molecule has 0 radical (unpaired) electrons. The molecule has 0 aliphatic heterocycles. The number of rotatable bonds is 5. The molecule has 7 heteroatoms. The van der Waals surface area contributed by atoms with E-state index < -0.39 is 22.9 Å². The molecule has 2 nitrogen and oxygen atoms in total. The lowest BCUT2D eigenvalue weighted by Crippen LogP contribution is -2.47. The van der Waals surface area contributed by atoms with E-state index in [2.05, 4.69) is 0 Å². The van der Waals surface area contributed by atoms with Crippen LogP contribution < -0.4 is 0 Å². The molecule has 0 heterocycles. The van der Waals surface area contributed by atoms with Crippen LogP contribution in [0.3, 0.4) is 0 Å². The minimum atomic E-state index is -4.47. The molecule has 0 saturated carbocycles. The van der Waals surface area contributed by atoms with E-state index in [4.69, 9.17) is 16.3 Å². The van der Waals surface area contributed by atoms with Crippen LogP contribution >= 0.6 is 11.6 Å². The summed E-state index contributed by atoms with van der Waals surface area (Å²) in [5.74, 6) is 1.45. The maximum Gasteiger partial charge on any atom is 0.417 e. The van der Waals surface area contributed by atoms with Crippen LogP contribution in [0, 0.1) is 0 Å². The number of alkyl halides is 3. The van der Waals surface area contributed by atoms with Gasteiger partial charge < -0.3 is 9.76 Å². The van der Waals surface area contributed by atoms with Gasteiger partial charge in [0.2, 0.25) is 0 Å². The maximum atomic E-state index is 12.9. The number of hydrogen-bond donors (Lipinski definition) is 1. The SMILES string of the molecule is CC(C)(O)C(C)(C)OB/C=C/c1c(Cl)cccc1C(F)(F)F. The van der Waals surface area contributed by atoms with Gasteiger partial charge in [0.15, 0.2) is 0 Å². The zero-order valence-corrected chi connectivity index (χ0v) is 13.7. The molecule has 0 atom stereocenters. The minimum absolute atomic E-state index is 0.0211. The van der Waals surface area contributed by atoms with Crippen LogP contribution in [0.2, 0.25) is 5.02 Å². The molecule has 0 aromatic heterocycles. The first-order chi connectivity index (χ1) is 9.86. The van der Waals surface area contributed by atoms with E-state index in [1.165, 1.54) is 24.2 Å². The van der Waals surface area contributed by atoms with Crippen molar-refractivity contribution in [2.75, 3.05) is 0 Å². The lowest BCUT2D eigenvalue weighted by molar-refractivity contribution is -0.137. The topological polar surface area (TPSA) is 29.5 Å². The van der Waals surface area contributed by atoms with E-state index in [-0.39, 0.29) is 18.1 Å². The highest BCUT2D eigenvalue weighted by Gasteiger charge is 2.35. The Balaban J connectivity index is 2.89. The summed E-state index contributed by atoms with van der Waals surface area (Å²) < 4.78 is 44.3. The summed E-state index contributed by atoms with van der Waals surface area (Å²) in [6.45, 7) is 6.62. The fourth-order valence-corrected chi connectivity index (χ4v) is 1.79. The predicted molar refractivity (Wildman–Crippen MR) is 84.1 cm³/mol. The normalized spacial score (nSPS) is 13.7. The second-order valence-corrected chi connectivity index (χ2v) is 6.39. The van der Waals surface area contributed by atoms with Gasteiger partial charge in [-0.05, 0) is 39.8 Å². The van der Waals surface area contributed by atoms with Crippen molar-refractivity contribution in [2.24, 2.45) is 0 Å². The average molecular weight is 335 g/mol. The van der Waals surface area contributed by atoms with E-state index in [0.717, 1.165) is 6.07 Å². The Kier molecular flexibility index (Phi) is 5.76. The first-order valence-electron chi connectivity index (χ1n) is 6.75. The smallest absolute Gasteiger partial charge is 0.417 e. The van der Waals surface area contributed by atoms with Gasteiger partial charge in [-0.25, -0.2) is 0 Å². The molecule has 1 rings (SSSR count). The molecule has 0 saturated heterocycles. The zero-order chi connectivity index (χ0) is 17.2. The fourth-order valence-electron chi connectivity index (χ4n) is 1.55. The highest BCUT2D eigenvalue weighted by atomic mass is 35.5. The van der Waals surface area contributed by atoms with Crippen molar-refractivity contribution in [1.82, 2.24) is 0 Å². The van der Waals surface area contributed by atoms with E-state index in [9.17, 15) is 18.3 Å². The van der Waals surface area contributed by atoms with E-state index >= 15 is 0 Å². The van der Waals surface area contributed by atoms with Crippen LogP contribution in [-0.2, 0) is 10.8 Å². The minimum Gasteiger partial charge on any atom is -0.427 e. The third-order valence-corrected chi connectivity index (χ3v) is 3.99. The van der Waals surface area contributed by atoms with Crippen molar-refractivity contribution < 1.29 is 22.9 Å². The van der Waals surface area contributed by atoms with Gasteiger partial charge in [-0.15, -0.1) is 0 Å². The third kappa shape index (κ3) is 4.76. The van der Waals surface area contributed by atoms with Gasteiger partial charge in [0, 0.05) is 10.6 Å². The molecule has 22 heavy (non-hydrogen) atoms.